The van der Waals surface area contributed by atoms with Gasteiger partial charge in [-0.1, -0.05) is 0 Å². The van der Waals surface area contributed by atoms with Crippen LogP contribution in [0.3, 0.4) is 0 Å². The number of ether oxygens (including phenoxy) is 2. The number of aromatic amines is 1. The van der Waals surface area contributed by atoms with Crippen LogP contribution in [0.2, 0.25) is 0 Å². The SMILES string of the molecule is COc1ccc(-c2[nH]n(-c3ccc(F)cc3)c(=O)c2C(C)=NCCCN2CCOCC2)cc1. The molecule has 7 nitrogen and oxygen atoms in total. The topological polar surface area (TPSA) is 71.8 Å². The van der Waals surface area contributed by atoms with Crippen molar-refractivity contribution in [3.63, 3.8) is 0 Å². The van der Waals surface area contributed by atoms with Crippen LogP contribution in [0.5, 0.6) is 5.75 Å². The Labute approximate surface area is 192 Å². The van der Waals surface area contributed by atoms with Gasteiger partial charge in [0.15, 0.2) is 0 Å². The monoisotopic (exact) mass is 452 g/mol. The summed E-state index contributed by atoms with van der Waals surface area (Å²) < 4.78 is 25.5. The molecule has 0 atom stereocenters. The Morgan fingerprint density at radius 2 is 1.82 bits per heavy atom. The molecule has 0 aliphatic carbocycles. The molecule has 1 aromatic heterocycles. The van der Waals surface area contributed by atoms with E-state index in [4.69, 9.17) is 14.5 Å². The summed E-state index contributed by atoms with van der Waals surface area (Å²) in [6.45, 7) is 6.90. The maximum atomic E-state index is 13.4. The van der Waals surface area contributed by atoms with Crippen molar-refractivity contribution in [2.24, 2.45) is 4.99 Å². The number of benzene rings is 2. The minimum atomic E-state index is -0.355. The molecule has 4 rings (SSSR count). The first-order valence-electron chi connectivity index (χ1n) is 11.1. The molecular weight excluding hydrogens is 423 g/mol. The Hall–Kier alpha value is -3.23. The Morgan fingerprint density at radius 1 is 1.12 bits per heavy atom. The van der Waals surface area contributed by atoms with Gasteiger partial charge in [0.2, 0.25) is 0 Å². The van der Waals surface area contributed by atoms with Gasteiger partial charge in [-0.25, -0.2) is 9.07 Å². The summed E-state index contributed by atoms with van der Waals surface area (Å²) in [4.78, 5) is 20.5. The molecule has 33 heavy (non-hydrogen) atoms. The number of halogens is 1. The number of morpholine rings is 1. The van der Waals surface area contributed by atoms with Gasteiger partial charge in [-0.15, -0.1) is 0 Å². The number of aromatic nitrogens is 2. The standard InChI is InChI=1S/C25H29FN4O3/c1-18(27-12-3-13-29-14-16-33-17-15-29)23-24(19-4-10-22(32-2)11-5-19)28-30(25(23)31)21-8-6-20(26)7-9-21/h4-11,28H,3,12-17H2,1-2H3. The van der Waals surface area contributed by atoms with Crippen molar-refractivity contribution in [1.29, 1.82) is 0 Å². The number of hydrogen-bond acceptors (Lipinski definition) is 5. The Bertz CT molecular complexity index is 1140. The summed E-state index contributed by atoms with van der Waals surface area (Å²) in [5.41, 5.74) is 3.03. The number of hydrogen-bond donors (Lipinski definition) is 1. The predicted molar refractivity (Wildman–Crippen MR) is 127 cm³/mol. The van der Waals surface area contributed by atoms with Gasteiger partial charge in [0.1, 0.15) is 11.6 Å². The first kappa shape index (κ1) is 22.9. The average molecular weight is 453 g/mol. The van der Waals surface area contributed by atoms with Gasteiger partial charge in [0, 0.05) is 37.5 Å². The van der Waals surface area contributed by atoms with Crippen LogP contribution in [0.25, 0.3) is 16.9 Å². The highest BCUT2D eigenvalue weighted by molar-refractivity contribution is 6.03. The molecule has 1 aliphatic rings. The molecule has 8 heteroatoms. The number of methoxy groups -OCH3 is 1. The fourth-order valence-corrected chi connectivity index (χ4v) is 3.96. The van der Waals surface area contributed by atoms with E-state index in [2.05, 4.69) is 10.00 Å². The highest BCUT2D eigenvalue weighted by atomic mass is 19.1. The molecule has 174 valence electrons. The minimum absolute atomic E-state index is 0.221. The zero-order valence-electron chi connectivity index (χ0n) is 19.0. The fraction of sp³-hybridized carbons (Fsp3) is 0.360. The number of nitrogens with one attached hydrogen (secondary N) is 1. The maximum Gasteiger partial charge on any atom is 0.280 e. The summed E-state index contributed by atoms with van der Waals surface area (Å²) in [5.74, 6) is 0.376. The largest absolute Gasteiger partial charge is 0.497 e. The van der Waals surface area contributed by atoms with Gasteiger partial charge in [-0.2, -0.15) is 0 Å². The second-order valence-electron chi connectivity index (χ2n) is 7.98. The molecule has 0 unspecified atom stereocenters. The van der Waals surface area contributed by atoms with E-state index in [1.807, 2.05) is 31.2 Å². The predicted octanol–water partition coefficient (Wildman–Crippen LogP) is 3.51. The number of aliphatic imine (C=N–C) groups is 1. The molecule has 1 aliphatic heterocycles. The normalized spacial score (nSPS) is 15.1. The van der Waals surface area contributed by atoms with Crippen LogP contribution >= 0.6 is 0 Å². The lowest BCUT2D eigenvalue weighted by molar-refractivity contribution is 0.0377. The third kappa shape index (κ3) is 5.40. The molecule has 3 aromatic rings. The van der Waals surface area contributed by atoms with Crippen molar-refractivity contribution in [3.8, 4) is 22.7 Å². The van der Waals surface area contributed by atoms with E-state index in [9.17, 15) is 9.18 Å². The van der Waals surface area contributed by atoms with Gasteiger partial charge >= 0.3 is 0 Å². The van der Waals surface area contributed by atoms with Crippen molar-refractivity contribution >= 4 is 5.71 Å². The molecule has 2 aromatic carbocycles. The molecule has 1 fully saturated rings. The molecule has 1 N–H and O–H groups in total. The summed E-state index contributed by atoms with van der Waals surface area (Å²) in [6.07, 6.45) is 0.909. The number of nitrogens with zero attached hydrogens (tertiary/aromatic N) is 3. The lowest BCUT2D eigenvalue weighted by atomic mass is 10.0. The van der Waals surface area contributed by atoms with Crippen LogP contribution in [0.15, 0.2) is 58.3 Å². The van der Waals surface area contributed by atoms with Crippen molar-refractivity contribution in [2.75, 3.05) is 46.5 Å². The van der Waals surface area contributed by atoms with Gasteiger partial charge < -0.3 is 9.47 Å². The van der Waals surface area contributed by atoms with Crippen molar-refractivity contribution in [1.82, 2.24) is 14.7 Å². The minimum Gasteiger partial charge on any atom is -0.497 e. The summed E-state index contributed by atoms with van der Waals surface area (Å²) in [6, 6.07) is 13.3. The zero-order valence-corrected chi connectivity index (χ0v) is 19.0. The average Bonchev–Trinajstić information content (AvgIpc) is 3.20. The summed E-state index contributed by atoms with van der Waals surface area (Å²) >= 11 is 0. The summed E-state index contributed by atoms with van der Waals surface area (Å²) in [5, 5.41) is 3.20. The van der Waals surface area contributed by atoms with Crippen molar-refractivity contribution < 1.29 is 13.9 Å². The van der Waals surface area contributed by atoms with Crippen LogP contribution in [0.4, 0.5) is 4.39 Å². The van der Waals surface area contributed by atoms with E-state index in [-0.39, 0.29) is 11.4 Å². The van der Waals surface area contributed by atoms with E-state index in [0.717, 1.165) is 50.6 Å². The molecule has 2 heterocycles. The van der Waals surface area contributed by atoms with E-state index in [0.29, 0.717) is 29.2 Å². The Morgan fingerprint density at radius 3 is 2.48 bits per heavy atom. The third-order valence-electron chi connectivity index (χ3n) is 5.80. The Balaban J connectivity index is 1.63. The molecule has 0 radical (unpaired) electrons. The van der Waals surface area contributed by atoms with Crippen LogP contribution in [-0.2, 0) is 4.74 Å². The van der Waals surface area contributed by atoms with E-state index >= 15 is 0 Å². The molecule has 0 spiro atoms. The molecule has 0 saturated carbocycles. The maximum absolute atomic E-state index is 13.4. The lowest BCUT2D eigenvalue weighted by Crippen LogP contribution is -2.37. The first-order chi connectivity index (χ1) is 16.1. The summed E-state index contributed by atoms with van der Waals surface area (Å²) in [7, 11) is 1.61. The van der Waals surface area contributed by atoms with Gasteiger partial charge in [0.25, 0.3) is 5.56 Å². The second-order valence-corrected chi connectivity index (χ2v) is 7.98. The third-order valence-corrected chi connectivity index (χ3v) is 5.80. The fourth-order valence-electron chi connectivity index (χ4n) is 3.96. The van der Waals surface area contributed by atoms with Gasteiger partial charge in [0.05, 0.1) is 37.3 Å². The highest BCUT2D eigenvalue weighted by Gasteiger charge is 2.19. The van der Waals surface area contributed by atoms with Crippen LogP contribution in [0, 0.1) is 5.82 Å². The lowest BCUT2D eigenvalue weighted by Gasteiger charge is -2.26. The van der Waals surface area contributed by atoms with E-state index in [1.54, 1.807) is 19.2 Å². The molecular formula is C25H29FN4O3. The number of H-pyrrole nitrogens is 1. The number of rotatable bonds is 8. The van der Waals surface area contributed by atoms with E-state index in [1.165, 1.54) is 16.8 Å². The zero-order chi connectivity index (χ0) is 23.2. The molecule has 1 saturated heterocycles. The second kappa shape index (κ2) is 10.6. The smallest absolute Gasteiger partial charge is 0.280 e. The molecule has 0 amide bonds. The quantitative estimate of drug-likeness (QED) is 0.419. The van der Waals surface area contributed by atoms with E-state index < -0.39 is 0 Å². The van der Waals surface area contributed by atoms with Crippen molar-refractivity contribution in [3.05, 3.63) is 70.3 Å². The van der Waals surface area contributed by atoms with Crippen LogP contribution < -0.4 is 10.3 Å². The van der Waals surface area contributed by atoms with Crippen LogP contribution in [0.1, 0.15) is 18.9 Å². The highest BCUT2D eigenvalue weighted by Crippen LogP contribution is 2.24. The van der Waals surface area contributed by atoms with Gasteiger partial charge in [-0.05, 0) is 61.9 Å². The molecule has 0 bridgehead atoms. The first-order valence-corrected chi connectivity index (χ1v) is 11.1. The van der Waals surface area contributed by atoms with Crippen molar-refractivity contribution in [2.45, 2.75) is 13.3 Å². The van der Waals surface area contributed by atoms with Crippen LogP contribution in [-0.4, -0.2) is 66.9 Å². The Kier molecular flexibility index (Phi) is 7.36. The van der Waals surface area contributed by atoms with Gasteiger partial charge in [-0.3, -0.25) is 19.8 Å².